The third-order valence-corrected chi connectivity index (χ3v) is 8.96. The molecule has 4 saturated carbocycles. The molecular weight excluding hydrogens is 312 g/mol. The van der Waals surface area contributed by atoms with Crippen molar-refractivity contribution in [3.8, 4) is 0 Å². The average Bonchev–Trinajstić information content (AvgIpc) is 2.92. The molecule has 3 unspecified atom stereocenters. The average molecular weight is 347 g/mol. The normalized spacial score (nSPS) is 49.1. The molecule has 0 aromatic carbocycles. The summed E-state index contributed by atoms with van der Waals surface area (Å²) in [5.74, 6) is 3.34. The maximum absolute atomic E-state index is 12.0. The maximum Gasteiger partial charge on any atom is 0.305 e. The van der Waals surface area contributed by atoms with Crippen LogP contribution in [0.2, 0.25) is 0 Å². The molecule has 4 rings (SSSR count). The lowest BCUT2D eigenvalue weighted by Crippen LogP contribution is -2.54. The highest BCUT2D eigenvalue weighted by atomic mass is 16.5. The minimum absolute atomic E-state index is 0.0320. The Morgan fingerprint density at radius 3 is 2.56 bits per heavy atom. The van der Waals surface area contributed by atoms with Gasteiger partial charge in [0.1, 0.15) is 11.9 Å². The van der Waals surface area contributed by atoms with Crippen molar-refractivity contribution in [2.24, 2.45) is 34.5 Å². The van der Waals surface area contributed by atoms with Crippen molar-refractivity contribution in [1.82, 2.24) is 0 Å². The number of ether oxygens (including phenoxy) is 1. The highest BCUT2D eigenvalue weighted by Crippen LogP contribution is 2.66. The van der Waals surface area contributed by atoms with Gasteiger partial charge >= 0.3 is 5.97 Å². The van der Waals surface area contributed by atoms with Crippen molar-refractivity contribution >= 4 is 11.8 Å². The highest BCUT2D eigenvalue weighted by molar-refractivity contribution is 5.79. The summed E-state index contributed by atoms with van der Waals surface area (Å²) in [6.45, 7) is 6.78. The molecule has 0 aromatic rings. The van der Waals surface area contributed by atoms with Crippen molar-refractivity contribution in [3.63, 3.8) is 0 Å². The van der Waals surface area contributed by atoms with Crippen LogP contribution in [0.25, 0.3) is 0 Å². The molecule has 4 fully saturated rings. The molecular formula is C22H34O3. The van der Waals surface area contributed by atoms with E-state index in [0.717, 1.165) is 37.5 Å². The van der Waals surface area contributed by atoms with Crippen molar-refractivity contribution in [1.29, 1.82) is 0 Å². The van der Waals surface area contributed by atoms with E-state index in [1.165, 1.54) is 32.1 Å². The number of carbonyl (C=O) groups excluding carboxylic acids is 2. The van der Waals surface area contributed by atoms with Crippen LogP contribution in [-0.2, 0) is 14.3 Å². The van der Waals surface area contributed by atoms with E-state index in [1.54, 1.807) is 0 Å². The summed E-state index contributed by atoms with van der Waals surface area (Å²) in [5.41, 5.74) is 0.552. The molecule has 0 aliphatic heterocycles. The van der Waals surface area contributed by atoms with Crippen LogP contribution in [0.5, 0.6) is 0 Å². The first-order chi connectivity index (χ1) is 11.9. The summed E-state index contributed by atoms with van der Waals surface area (Å²) in [7, 11) is 0. The monoisotopic (exact) mass is 346 g/mol. The molecule has 0 spiro atoms. The van der Waals surface area contributed by atoms with Gasteiger partial charge in [-0.1, -0.05) is 20.8 Å². The zero-order valence-electron chi connectivity index (χ0n) is 16.2. The summed E-state index contributed by atoms with van der Waals surface area (Å²) in [6.07, 6.45) is 10.6. The number of ketones is 1. The van der Waals surface area contributed by atoms with E-state index < -0.39 is 0 Å². The number of hydrogen-bond acceptors (Lipinski definition) is 3. The molecule has 3 heteroatoms. The predicted molar refractivity (Wildman–Crippen MR) is 96.9 cm³/mol. The van der Waals surface area contributed by atoms with E-state index in [9.17, 15) is 9.59 Å². The van der Waals surface area contributed by atoms with E-state index in [0.29, 0.717) is 29.5 Å². The van der Waals surface area contributed by atoms with Crippen LogP contribution in [0.3, 0.4) is 0 Å². The van der Waals surface area contributed by atoms with Gasteiger partial charge in [0.15, 0.2) is 0 Å². The summed E-state index contributed by atoms with van der Waals surface area (Å²) >= 11 is 0. The minimum atomic E-state index is -0.0320. The van der Waals surface area contributed by atoms with Gasteiger partial charge in [0.25, 0.3) is 0 Å². The molecule has 0 N–H and O–H groups in total. The van der Waals surface area contributed by atoms with Crippen LogP contribution in [-0.4, -0.2) is 17.9 Å². The molecule has 25 heavy (non-hydrogen) atoms. The molecule has 0 saturated heterocycles. The molecule has 0 radical (unpaired) electrons. The number of rotatable bonds is 2. The van der Waals surface area contributed by atoms with Crippen LogP contribution in [0.4, 0.5) is 0 Å². The van der Waals surface area contributed by atoms with Gasteiger partial charge in [0, 0.05) is 24.7 Å². The maximum atomic E-state index is 12.0. The Bertz CT molecular complexity index is 570. The van der Waals surface area contributed by atoms with Gasteiger partial charge in [0.05, 0.1) is 0 Å². The molecule has 140 valence electrons. The Kier molecular flexibility index (Phi) is 4.28. The van der Waals surface area contributed by atoms with Crippen molar-refractivity contribution < 1.29 is 14.3 Å². The summed E-state index contributed by atoms with van der Waals surface area (Å²) < 4.78 is 5.87. The number of fused-ring (bicyclic) bond motifs is 5. The SMILES string of the molecule is CCC(=O)O[C@H]1CCC2C3CC[C@H]4CC(=O)CC[C@]4(C)C3CC[C@@]21C. The van der Waals surface area contributed by atoms with Crippen LogP contribution in [0.15, 0.2) is 0 Å². The lowest BCUT2D eigenvalue weighted by atomic mass is 9.45. The largest absolute Gasteiger partial charge is 0.462 e. The fraction of sp³-hybridized carbons (Fsp3) is 0.909. The Morgan fingerprint density at radius 1 is 1.04 bits per heavy atom. The Balaban J connectivity index is 1.56. The second-order valence-electron chi connectivity index (χ2n) is 9.85. The second-order valence-corrected chi connectivity index (χ2v) is 9.85. The van der Waals surface area contributed by atoms with Crippen molar-refractivity contribution in [3.05, 3.63) is 0 Å². The quantitative estimate of drug-likeness (QED) is 0.667. The van der Waals surface area contributed by atoms with E-state index in [4.69, 9.17) is 4.74 Å². The molecule has 0 bridgehead atoms. The van der Waals surface area contributed by atoms with Gasteiger partial charge in [-0.25, -0.2) is 0 Å². The smallest absolute Gasteiger partial charge is 0.305 e. The fourth-order valence-corrected chi connectivity index (χ4v) is 7.43. The first kappa shape index (κ1) is 17.5. The fourth-order valence-electron chi connectivity index (χ4n) is 7.43. The van der Waals surface area contributed by atoms with Gasteiger partial charge in [-0.05, 0) is 74.0 Å². The van der Waals surface area contributed by atoms with Crippen LogP contribution < -0.4 is 0 Å². The van der Waals surface area contributed by atoms with Crippen molar-refractivity contribution in [2.75, 3.05) is 0 Å². The number of carbonyl (C=O) groups is 2. The molecule has 0 amide bonds. The number of hydrogen-bond donors (Lipinski definition) is 0. The molecule has 4 aliphatic rings. The van der Waals surface area contributed by atoms with Crippen LogP contribution in [0.1, 0.15) is 85.0 Å². The highest BCUT2D eigenvalue weighted by Gasteiger charge is 2.61. The standard InChI is InChI=1S/C22H34O3/c1-4-20(24)25-19-8-7-17-16-6-5-14-13-15(23)9-11-21(14,2)18(16)10-12-22(17,19)3/h14,16-19H,4-13H2,1-3H3/t14-,16?,17?,18?,19-,21-,22-/m0/s1. The summed E-state index contributed by atoms with van der Waals surface area (Å²) in [4.78, 5) is 23.9. The summed E-state index contributed by atoms with van der Waals surface area (Å²) in [6, 6.07) is 0. The van der Waals surface area contributed by atoms with Gasteiger partial charge < -0.3 is 4.74 Å². The zero-order chi connectivity index (χ0) is 17.8. The number of esters is 1. The minimum Gasteiger partial charge on any atom is -0.462 e. The van der Waals surface area contributed by atoms with E-state index in [2.05, 4.69) is 13.8 Å². The van der Waals surface area contributed by atoms with E-state index in [-0.39, 0.29) is 17.5 Å². The Labute approximate surface area is 152 Å². The third kappa shape index (κ3) is 2.59. The zero-order valence-corrected chi connectivity index (χ0v) is 16.2. The molecule has 4 aliphatic carbocycles. The predicted octanol–water partition coefficient (Wildman–Crippen LogP) is 4.92. The number of Topliss-reactive ketones (excluding diaryl/α,β-unsaturated/α-hetero) is 1. The molecule has 3 nitrogen and oxygen atoms in total. The summed E-state index contributed by atoms with van der Waals surface area (Å²) in [5, 5.41) is 0. The lowest BCUT2D eigenvalue weighted by Gasteiger charge is -2.60. The van der Waals surface area contributed by atoms with Gasteiger partial charge in [-0.3, -0.25) is 9.59 Å². The first-order valence-electron chi connectivity index (χ1n) is 10.6. The van der Waals surface area contributed by atoms with E-state index in [1.807, 2.05) is 6.92 Å². The molecule has 0 heterocycles. The Morgan fingerprint density at radius 2 is 1.80 bits per heavy atom. The van der Waals surface area contributed by atoms with Gasteiger partial charge in [0.2, 0.25) is 0 Å². The first-order valence-corrected chi connectivity index (χ1v) is 10.6. The van der Waals surface area contributed by atoms with Gasteiger partial charge in [-0.15, -0.1) is 0 Å². The second kappa shape index (κ2) is 6.09. The van der Waals surface area contributed by atoms with Gasteiger partial charge in [-0.2, -0.15) is 0 Å². The lowest BCUT2D eigenvalue weighted by molar-refractivity contribution is -0.163. The van der Waals surface area contributed by atoms with Crippen LogP contribution in [0, 0.1) is 34.5 Å². The Hall–Kier alpha value is -0.860. The molecule has 7 atom stereocenters. The molecule has 0 aromatic heterocycles. The van der Waals surface area contributed by atoms with Crippen molar-refractivity contribution in [2.45, 2.75) is 91.1 Å². The van der Waals surface area contributed by atoms with E-state index >= 15 is 0 Å². The topological polar surface area (TPSA) is 43.4 Å². The van der Waals surface area contributed by atoms with Crippen LogP contribution >= 0.6 is 0 Å². The third-order valence-electron chi connectivity index (χ3n) is 8.96.